The summed E-state index contributed by atoms with van der Waals surface area (Å²) in [5, 5.41) is 3.04. The molecule has 0 aliphatic carbocycles. The van der Waals surface area contributed by atoms with Gasteiger partial charge in [-0.05, 0) is 63.2 Å². The van der Waals surface area contributed by atoms with Gasteiger partial charge in [0.05, 0.1) is 6.54 Å². The minimum absolute atomic E-state index is 0.0888. The first-order valence-electron chi connectivity index (χ1n) is 11.0. The van der Waals surface area contributed by atoms with Gasteiger partial charge in [0, 0.05) is 25.6 Å². The predicted molar refractivity (Wildman–Crippen MR) is 112 cm³/mol. The smallest absolute Gasteiger partial charge is 0.234 e. The zero-order chi connectivity index (χ0) is 19.8. The van der Waals surface area contributed by atoms with E-state index in [9.17, 15) is 9.59 Å². The lowest BCUT2D eigenvalue weighted by molar-refractivity contribution is -0.137. The van der Waals surface area contributed by atoms with Crippen LogP contribution in [0.5, 0.6) is 0 Å². The van der Waals surface area contributed by atoms with E-state index in [4.69, 9.17) is 0 Å². The van der Waals surface area contributed by atoms with Crippen molar-refractivity contribution in [3.8, 4) is 0 Å². The molecule has 5 nitrogen and oxygen atoms in total. The van der Waals surface area contributed by atoms with Crippen molar-refractivity contribution in [1.82, 2.24) is 15.1 Å². The minimum Gasteiger partial charge on any atom is -0.355 e. The summed E-state index contributed by atoms with van der Waals surface area (Å²) in [6.07, 6.45) is 7.42. The number of likely N-dealkylation sites (tertiary alicyclic amines) is 2. The number of rotatable bonds is 6. The van der Waals surface area contributed by atoms with Crippen LogP contribution in [0.25, 0.3) is 0 Å². The van der Waals surface area contributed by atoms with Crippen molar-refractivity contribution >= 4 is 11.8 Å². The first-order chi connectivity index (χ1) is 13.6. The van der Waals surface area contributed by atoms with Crippen LogP contribution in [0.2, 0.25) is 0 Å². The maximum Gasteiger partial charge on any atom is 0.234 e. The Morgan fingerprint density at radius 1 is 1.00 bits per heavy atom. The zero-order valence-corrected chi connectivity index (χ0v) is 17.3. The van der Waals surface area contributed by atoms with Crippen LogP contribution in [0.1, 0.15) is 49.7 Å². The van der Waals surface area contributed by atoms with E-state index in [1.165, 1.54) is 24.0 Å². The second-order valence-electron chi connectivity index (χ2n) is 8.32. The normalized spacial score (nSPS) is 19.2. The van der Waals surface area contributed by atoms with E-state index in [1.807, 2.05) is 12.1 Å². The van der Waals surface area contributed by atoms with Gasteiger partial charge in [0.2, 0.25) is 11.8 Å². The first kappa shape index (κ1) is 20.8. The molecule has 0 radical (unpaired) electrons. The molecule has 0 spiro atoms. The number of carbonyl (C=O) groups is 2. The van der Waals surface area contributed by atoms with Crippen LogP contribution in [-0.2, 0) is 16.0 Å². The van der Waals surface area contributed by atoms with Crippen LogP contribution in [0.15, 0.2) is 24.3 Å². The van der Waals surface area contributed by atoms with Gasteiger partial charge in [0.1, 0.15) is 0 Å². The molecule has 3 rings (SSSR count). The molecule has 5 heteroatoms. The number of nitrogens with zero attached hydrogens (tertiary/aromatic N) is 2. The Bertz CT molecular complexity index is 645. The highest BCUT2D eigenvalue weighted by Crippen LogP contribution is 2.21. The third-order valence-corrected chi connectivity index (χ3v) is 6.20. The van der Waals surface area contributed by atoms with E-state index < -0.39 is 0 Å². The third-order valence-electron chi connectivity index (χ3n) is 6.20. The van der Waals surface area contributed by atoms with Gasteiger partial charge in [-0.25, -0.2) is 0 Å². The van der Waals surface area contributed by atoms with Gasteiger partial charge in [0.25, 0.3) is 0 Å². The lowest BCUT2D eigenvalue weighted by atomic mass is 9.95. The number of hydrogen-bond acceptors (Lipinski definition) is 3. The van der Waals surface area contributed by atoms with Gasteiger partial charge in [-0.2, -0.15) is 0 Å². The predicted octanol–water partition coefficient (Wildman–Crippen LogP) is 2.77. The lowest BCUT2D eigenvalue weighted by Crippen LogP contribution is -2.45. The number of carbonyl (C=O) groups excluding carboxylic acids is 2. The second kappa shape index (κ2) is 10.6. The van der Waals surface area contributed by atoms with Gasteiger partial charge in [-0.15, -0.1) is 0 Å². The van der Waals surface area contributed by atoms with Crippen LogP contribution in [-0.4, -0.2) is 60.9 Å². The van der Waals surface area contributed by atoms with Crippen molar-refractivity contribution in [1.29, 1.82) is 0 Å². The molecule has 2 aliphatic rings. The van der Waals surface area contributed by atoms with Crippen LogP contribution in [0, 0.1) is 12.8 Å². The molecule has 1 N–H and O–H groups in total. The minimum atomic E-state index is 0.0888. The van der Waals surface area contributed by atoms with E-state index in [1.54, 1.807) is 0 Å². The molecule has 2 saturated heterocycles. The highest BCUT2D eigenvalue weighted by molar-refractivity contribution is 5.79. The Morgan fingerprint density at radius 3 is 2.36 bits per heavy atom. The summed E-state index contributed by atoms with van der Waals surface area (Å²) in [6, 6.07) is 8.31. The van der Waals surface area contributed by atoms with Gasteiger partial charge in [0.15, 0.2) is 0 Å². The van der Waals surface area contributed by atoms with Crippen molar-refractivity contribution in [2.75, 3.05) is 39.3 Å². The molecule has 2 heterocycles. The summed E-state index contributed by atoms with van der Waals surface area (Å²) < 4.78 is 0. The van der Waals surface area contributed by atoms with Gasteiger partial charge in [-0.1, -0.05) is 37.1 Å². The van der Waals surface area contributed by atoms with E-state index in [-0.39, 0.29) is 11.8 Å². The standard InChI is InChI=1S/C23H35N3O2/c1-19-8-4-5-9-20(19)10-13-24-22(27)18-25-16-11-21(12-17-25)23(28)26-14-6-2-3-7-15-26/h4-5,8-9,21H,2-3,6-7,10-18H2,1H3,(H,24,27). The van der Waals surface area contributed by atoms with Crippen molar-refractivity contribution in [3.63, 3.8) is 0 Å². The van der Waals surface area contributed by atoms with Crippen LogP contribution >= 0.6 is 0 Å². The maximum absolute atomic E-state index is 12.8. The fraction of sp³-hybridized carbons (Fsp3) is 0.652. The van der Waals surface area contributed by atoms with Gasteiger partial charge < -0.3 is 10.2 Å². The van der Waals surface area contributed by atoms with Crippen molar-refractivity contribution in [2.24, 2.45) is 5.92 Å². The topological polar surface area (TPSA) is 52.7 Å². The molecule has 0 aromatic heterocycles. The van der Waals surface area contributed by atoms with Crippen LogP contribution in [0.3, 0.4) is 0 Å². The fourth-order valence-electron chi connectivity index (χ4n) is 4.37. The highest BCUT2D eigenvalue weighted by Gasteiger charge is 2.29. The monoisotopic (exact) mass is 385 g/mol. The first-order valence-corrected chi connectivity index (χ1v) is 11.0. The summed E-state index contributed by atoms with van der Waals surface area (Å²) in [5.74, 6) is 0.591. The average molecular weight is 386 g/mol. The maximum atomic E-state index is 12.8. The molecule has 28 heavy (non-hydrogen) atoms. The van der Waals surface area contributed by atoms with E-state index in [2.05, 4.69) is 34.2 Å². The second-order valence-corrected chi connectivity index (χ2v) is 8.32. The molecule has 0 saturated carbocycles. The molecule has 0 bridgehead atoms. The van der Waals surface area contributed by atoms with E-state index in [0.717, 1.165) is 58.3 Å². The lowest BCUT2D eigenvalue weighted by Gasteiger charge is -2.33. The van der Waals surface area contributed by atoms with E-state index in [0.29, 0.717) is 19.0 Å². The number of nitrogens with one attached hydrogen (secondary N) is 1. The Hall–Kier alpha value is -1.88. The molecular weight excluding hydrogens is 350 g/mol. The largest absolute Gasteiger partial charge is 0.355 e. The number of benzene rings is 1. The molecule has 0 unspecified atom stereocenters. The van der Waals surface area contributed by atoms with Crippen molar-refractivity contribution in [2.45, 2.75) is 51.9 Å². The van der Waals surface area contributed by atoms with Gasteiger partial charge >= 0.3 is 0 Å². The Labute approximate surface area is 169 Å². The summed E-state index contributed by atoms with van der Waals surface area (Å²) in [6.45, 7) is 6.77. The molecule has 2 aliphatic heterocycles. The molecule has 1 aromatic carbocycles. The SMILES string of the molecule is Cc1ccccc1CCNC(=O)CN1CCC(C(=O)N2CCCCCC2)CC1. The molecule has 0 atom stereocenters. The quantitative estimate of drug-likeness (QED) is 0.819. The Balaban J connectivity index is 1.35. The van der Waals surface area contributed by atoms with Gasteiger partial charge in [-0.3, -0.25) is 14.5 Å². The van der Waals surface area contributed by atoms with Crippen molar-refractivity contribution in [3.05, 3.63) is 35.4 Å². The summed E-state index contributed by atoms with van der Waals surface area (Å²) >= 11 is 0. The molecule has 2 amide bonds. The average Bonchev–Trinajstić information content (AvgIpc) is 2.99. The molecular formula is C23H35N3O2. The Morgan fingerprint density at radius 2 is 1.68 bits per heavy atom. The third kappa shape index (κ3) is 6.06. The van der Waals surface area contributed by atoms with Crippen LogP contribution < -0.4 is 5.32 Å². The highest BCUT2D eigenvalue weighted by atomic mass is 16.2. The molecule has 2 fully saturated rings. The van der Waals surface area contributed by atoms with Crippen molar-refractivity contribution < 1.29 is 9.59 Å². The molecule has 154 valence electrons. The van der Waals surface area contributed by atoms with Crippen LogP contribution in [0.4, 0.5) is 0 Å². The summed E-state index contributed by atoms with van der Waals surface area (Å²) in [5.41, 5.74) is 2.56. The molecule has 1 aromatic rings. The Kier molecular flexibility index (Phi) is 7.90. The summed E-state index contributed by atoms with van der Waals surface area (Å²) in [7, 11) is 0. The van der Waals surface area contributed by atoms with E-state index >= 15 is 0 Å². The number of aryl methyl sites for hydroxylation is 1. The fourth-order valence-corrected chi connectivity index (χ4v) is 4.37. The number of piperidine rings is 1. The number of amides is 2. The zero-order valence-electron chi connectivity index (χ0n) is 17.3. The number of hydrogen-bond donors (Lipinski definition) is 1. The summed E-state index contributed by atoms with van der Waals surface area (Å²) in [4.78, 5) is 29.3.